The molecule has 0 N–H and O–H groups in total. The van der Waals surface area contributed by atoms with Gasteiger partial charge in [-0.05, 0) is 24.3 Å². The van der Waals surface area contributed by atoms with Crippen molar-refractivity contribution >= 4 is 5.78 Å². The molecule has 0 aliphatic rings. The van der Waals surface area contributed by atoms with E-state index in [1.165, 1.54) is 13.3 Å². The van der Waals surface area contributed by atoms with Crippen LogP contribution in [0.25, 0.3) is 0 Å². The van der Waals surface area contributed by atoms with Gasteiger partial charge in [0, 0.05) is 12.5 Å². The van der Waals surface area contributed by atoms with E-state index in [1.54, 1.807) is 37.3 Å². The van der Waals surface area contributed by atoms with E-state index >= 15 is 0 Å². The summed E-state index contributed by atoms with van der Waals surface area (Å²) in [6, 6.07) is 10.2. The van der Waals surface area contributed by atoms with Crippen molar-refractivity contribution in [2.75, 3.05) is 7.11 Å². The van der Waals surface area contributed by atoms with Crippen LogP contribution < -0.4 is 9.47 Å². The molecule has 0 atom stereocenters. The summed E-state index contributed by atoms with van der Waals surface area (Å²) in [4.78, 5) is 15.6. The smallest absolute Gasteiger partial charge is 0.180 e. The fourth-order valence-electron chi connectivity index (χ4n) is 1.74. The van der Waals surface area contributed by atoms with Crippen molar-refractivity contribution in [2.45, 2.75) is 13.3 Å². The number of benzene rings is 1. The molecule has 0 aliphatic heterocycles. The molecule has 0 amide bonds. The Bertz CT molecular complexity index is 688. The van der Waals surface area contributed by atoms with Crippen LogP contribution in [0.15, 0.2) is 36.5 Å². The topological polar surface area (TPSA) is 72.2 Å². The standard InChI is InChI=1S/C16H14N2O3/c1-3-14(19)13-6-5-12(10-18-13)21-15-7-4-11(9-17)8-16(15)20-2/h4-8,10H,3H2,1-2H3. The fourth-order valence-corrected chi connectivity index (χ4v) is 1.74. The first-order valence-corrected chi connectivity index (χ1v) is 6.43. The molecule has 2 aromatic rings. The second-order valence-electron chi connectivity index (χ2n) is 4.24. The lowest BCUT2D eigenvalue weighted by Gasteiger charge is -2.10. The van der Waals surface area contributed by atoms with Gasteiger partial charge in [-0.2, -0.15) is 5.26 Å². The summed E-state index contributed by atoms with van der Waals surface area (Å²) in [6.45, 7) is 1.79. The zero-order chi connectivity index (χ0) is 15.2. The molecule has 5 heteroatoms. The molecule has 1 heterocycles. The molecule has 0 aliphatic carbocycles. The monoisotopic (exact) mass is 282 g/mol. The minimum atomic E-state index is -0.0162. The number of nitriles is 1. The summed E-state index contributed by atoms with van der Waals surface area (Å²) in [6.07, 6.45) is 1.90. The van der Waals surface area contributed by atoms with Gasteiger partial charge in [-0.1, -0.05) is 6.92 Å². The zero-order valence-corrected chi connectivity index (χ0v) is 11.8. The lowest BCUT2D eigenvalue weighted by molar-refractivity contribution is 0.0983. The molecular weight excluding hydrogens is 268 g/mol. The van der Waals surface area contributed by atoms with E-state index in [0.29, 0.717) is 34.9 Å². The Morgan fingerprint density at radius 1 is 1.29 bits per heavy atom. The third-order valence-electron chi connectivity index (χ3n) is 2.86. The molecule has 106 valence electrons. The molecule has 1 aromatic carbocycles. The molecule has 5 nitrogen and oxygen atoms in total. The maximum absolute atomic E-state index is 11.5. The molecule has 0 unspecified atom stereocenters. The number of hydrogen-bond acceptors (Lipinski definition) is 5. The van der Waals surface area contributed by atoms with Gasteiger partial charge in [-0.25, -0.2) is 4.98 Å². The largest absolute Gasteiger partial charge is 0.493 e. The van der Waals surface area contributed by atoms with E-state index in [9.17, 15) is 4.79 Å². The highest BCUT2D eigenvalue weighted by atomic mass is 16.5. The van der Waals surface area contributed by atoms with Gasteiger partial charge in [0.15, 0.2) is 17.3 Å². The number of rotatable bonds is 5. The zero-order valence-electron chi connectivity index (χ0n) is 11.8. The third kappa shape index (κ3) is 3.37. The number of ketones is 1. The fraction of sp³-hybridized carbons (Fsp3) is 0.188. The molecule has 0 saturated heterocycles. The quantitative estimate of drug-likeness (QED) is 0.786. The van der Waals surface area contributed by atoms with E-state index in [-0.39, 0.29) is 5.78 Å². The van der Waals surface area contributed by atoms with Gasteiger partial charge in [0.25, 0.3) is 0 Å². The highest BCUT2D eigenvalue weighted by molar-refractivity contribution is 5.93. The van der Waals surface area contributed by atoms with Crippen molar-refractivity contribution in [2.24, 2.45) is 0 Å². The van der Waals surface area contributed by atoms with Gasteiger partial charge in [0.2, 0.25) is 0 Å². The Balaban J connectivity index is 2.22. The van der Waals surface area contributed by atoms with Crippen LogP contribution in [0.5, 0.6) is 17.2 Å². The van der Waals surface area contributed by atoms with Crippen LogP contribution >= 0.6 is 0 Å². The van der Waals surface area contributed by atoms with Gasteiger partial charge < -0.3 is 9.47 Å². The van der Waals surface area contributed by atoms with E-state index in [4.69, 9.17) is 14.7 Å². The second-order valence-corrected chi connectivity index (χ2v) is 4.24. The first kappa shape index (κ1) is 14.5. The Morgan fingerprint density at radius 2 is 2.10 bits per heavy atom. The molecular formula is C16H14N2O3. The summed E-state index contributed by atoms with van der Waals surface area (Å²) in [5, 5.41) is 8.86. The van der Waals surface area contributed by atoms with Gasteiger partial charge in [-0.3, -0.25) is 4.79 Å². The minimum Gasteiger partial charge on any atom is -0.493 e. The van der Waals surface area contributed by atoms with Crippen molar-refractivity contribution in [3.63, 3.8) is 0 Å². The maximum atomic E-state index is 11.5. The highest BCUT2D eigenvalue weighted by Crippen LogP contribution is 2.31. The molecule has 2 rings (SSSR count). The Morgan fingerprint density at radius 3 is 2.67 bits per heavy atom. The van der Waals surface area contributed by atoms with Gasteiger partial charge in [-0.15, -0.1) is 0 Å². The van der Waals surface area contributed by atoms with Crippen LogP contribution in [-0.2, 0) is 0 Å². The van der Waals surface area contributed by atoms with E-state index < -0.39 is 0 Å². The van der Waals surface area contributed by atoms with Gasteiger partial charge >= 0.3 is 0 Å². The van der Waals surface area contributed by atoms with Crippen LogP contribution in [0.1, 0.15) is 29.4 Å². The first-order valence-electron chi connectivity index (χ1n) is 6.43. The van der Waals surface area contributed by atoms with Crippen molar-refractivity contribution in [1.29, 1.82) is 5.26 Å². The summed E-state index contributed by atoms with van der Waals surface area (Å²) in [7, 11) is 1.50. The van der Waals surface area contributed by atoms with E-state index in [2.05, 4.69) is 4.98 Å². The number of hydrogen-bond donors (Lipinski definition) is 0. The molecule has 1 aromatic heterocycles. The van der Waals surface area contributed by atoms with Crippen molar-refractivity contribution in [1.82, 2.24) is 4.98 Å². The van der Waals surface area contributed by atoms with Crippen LogP contribution in [0, 0.1) is 11.3 Å². The van der Waals surface area contributed by atoms with Crippen molar-refractivity contribution in [3.8, 4) is 23.3 Å². The molecule has 0 saturated carbocycles. The minimum absolute atomic E-state index is 0.0162. The Labute approximate surface area is 122 Å². The number of methoxy groups -OCH3 is 1. The molecule has 0 radical (unpaired) electrons. The van der Waals surface area contributed by atoms with Crippen LogP contribution in [-0.4, -0.2) is 17.9 Å². The average molecular weight is 282 g/mol. The van der Waals surface area contributed by atoms with Crippen LogP contribution in [0.4, 0.5) is 0 Å². The SMILES string of the molecule is CCC(=O)c1ccc(Oc2ccc(C#N)cc2OC)cn1. The predicted octanol–water partition coefficient (Wildman–Crippen LogP) is 3.35. The lowest BCUT2D eigenvalue weighted by Crippen LogP contribution is -1.99. The van der Waals surface area contributed by atoms with Crippen molar-refractivity contribution in [3.05, 3.63) is 47.8 Å². The highest BCUT2D eigenvalue weighted by Gasteiger charge is 2.09. The molecule has 0 fully saturated rings. The summed E-state index contributed by atoms with van der Waals surface area (Å²) in [5.74, 6) is 1.42. The lowest BCUT2D eigenvalue weighted by atomic mass is 10.2. The number of aromatic nitrogens is 1. The normalized spacial score (nSPS) is 9.76. The Hall–Kier alpha value is -2.87. The summed E-state index contributed by atoms with van der Waals surface area (Å²) in [5.41, 5.74) is 0.901. The van der Waals surface area contributed by atoms with E-state index in [1.807, 2.05) is 6.07 Å². The number of nitrogens with zero attached hydrogens (tertiary/aromatic N) is 2. The number of Topliss-reactive ketones (excluding diaryl/α,β-unsaturated/α-hetero) is 1. The molecule has 0 spiro atoms. The van der Waals surface area contributed by atoms with Crippen LogP contribution in [0.2, 0.25) is 0 Å². The number of ether oxygens (including phenoxy) is 2. The molecule has 0 bridgehead atoms. The molecule has 21 heavy (non-hydrogen) atoms. The maximum Gasteiger partial charge on any atom is 0.180 e. The number of carbonyl (C=O) groups is 1. The van der Waals surface area contributed by atoms with Crippen molar-refractivity contribution < 1.29 is 14.3 Å². The second kappa shape index (κ2) is 6.53. The first-order chi connectivity index (χ1) is 10.2. The number of pyridine rings is 1. The van der Waals surface area contributed by atoms with Crippen LogP contribution in [0.3, 0.4) is 0 Å². The van der Waals surface area contributed by atoms with Gasteiger partial charge in [0.1, 0.15) is 11.4 Å². The third-order valence-corrected chi connectivity index (χ3v) is 2.86. The Kier molecular flexibility index (Phi) is 4.52. The van der Waals surface area contributed by atoms with E-state index in [0.717, 1.165) is 0 Å². The summed E-state index contributed by atoms with van der Waals surface area (Å²) < 4.78 is 10.8. The average Bonchev–Trinajstić information content (AvgIpc) is 2.55. The number of carbonyl (C=O) groups excluding carboxylic acids is 1. The van der Waals surface area contributed by atoms with Gasteiger partial charge in [0.05, 0.1) is 24.9 Å². The predicted molar refractivity (Wildman–Crippen MR) is 76.6 cm³/mol. The summed E-state index contributed by atoms with van der Waals surface area (Å²) >= 11 is 0.